The van der Waals surface area contributed by atoms with Crippen molar-refractivity contribution in [2.75, 3.05) is 12.8 Å². The molecule has 1 unspecified atom stereocenters. The number of aryl methyl sites for hydroxylation is 1. The summed E-state index contributed by atoms with van der Waals surface area (Å²) < 4.78 is 4.49. The van der Waals surface area contributed by atoms with E-state index in [9.17, 15) is 4.79 Å². The van der Waals surface area contributed by atoms with Crippen LogP contribution in [0.1, 0.15) is 63.5 Å². The van der Waals surface area contributed by atoms with Crippen LogP contribution in [-0.4, -0.2) is 29.1 Å². The molecule has 0 fully saturated rings. The first-order chi connectivity index (χ1) is 12.5. The summed E-state index contributed by atoms with van der Waals surface area (Å²) in [4.78, 5) is 17.8. The molecule has 0 aliphatic heterocycles. The number of aromatic nitrogens is 2. The summed E-state index contributed by atoms with van der Waals surface area (Å²) >= 11 is 0. The Morgan fingerprint density at radius 3 is 2.26 bits per heavy atom. The number of ether oxygens (including phenoxy) is 1. The maximum atomic E-state index is 10.9. The van der Waals surface area contributed by atoms with Crippen molar-refractivity contribution in [2.45, 2.75) is 70.3 Å². The Morgan fingerprint density at radius 1 is 1.19 bits per heavy atom. The third-order valence-corrected chi connectivity index (χ3v) is 3.76. The number of carbonyl (C=O) groups excluding carboxylic acids is 1. The van der Waals surface area contributed by atoms with E-state index in [0.717, 1.165) is 57.1 Å². The minimum atomic E-state index is -0.476. The van der Waals surface area contributed by atoms with E-state index in [1.807, 2.05) is 0 Å². The lowest BCUT2D eigenvalue weighted by Crippen LogP contribution is -2.31. The Balaban J connectivity index is 0. The van der Waals surface area contributed by atoms with E-state index in [0.29, 0.717) is 12.4 Å². The van der Waals surface area contributed by atoms with Crippen molar-refractivity contribution in [2.24, 2.45) is 5.73 Å². The van der Waals surface area contributed by atoms with E-state index in [1.165, 1.54) is 13.5 Å². The van der Waals surface area contributed by atoms with Gasteiger partial charge in [-0.25, -0.2) is 4.98 Å². The number of hydrogen-bond acceptors (Lipinski definition) is 5. The number of nitrogens with two attached hydrogens (primary N) is 2. The SMILES string of the molecule is C#CCCCCCC(N)C(=O)OC.C#CCCCCCc1cnc(N)[nH]1.Cl. The number of terminal acetylenes is 2. The maximum absolute atomic E-state index is 10.9. The number of H-pyrrole nitrogens is 1. The Hall–Kier alpha value is -2.15. The van der Waals surface area contributed by atoms with Gasteiger partial charge in [-0.05, 0) is 32.1 Å². The molecule has 0 radical (unpaired) electrons. The quantitative estimate of drug-likeness (QED) is 0.302. The second-order valence-electron chi connectivity index (χ2n) is 5.99. The highest BCUT2D eigenvalue weighted by Crippen LogP contribution is 2.06. The Bertz CT molecular complexity index is 575. The van der Waals surface area contributed by atoms with Gasteiger partial charge in [0.1, 0.15) is 6.04 Å². The number of nitrogens with one attached hydrogen (secondary N) is 1. The molecule has 0 bridgehead atoms. The molecule has 0 amide bonds. The van der Waals surface area contributed by atoms with Gasteiger partial charge in [-0.3, -0.25) is 4.79 Å². The predicted molar refractivity (Wildman–Crippen MR) is 113 cm³/mol. The van der Waals surface area contributed by atoms with Crippen LogP contribution in [0.3, 0.4) is 0 Å². The van der Waals surface area contributed by atoms with Crippen LogP contribution in [0, 0.1) is 24.7 Å². The fourth-order valence-electron chi connectivity index (χ4n) is 2.26. The normalized spacial score (nSPS) is 10.4. The molecule has 0 aliphatic rings. The molecule has 1 aromatic heterocycles. The number of nitrogens with zero attached hydrogens (tertiary/aromatic N) is 1. The van der Waals surface area contributed by atoms with Crippen LogP contribution in [0.5, 0.6) is 0 Å². The summed E-state index contributed by atoms with van der Waals surface area (Å²) in [6.45, 7) is 0. The largest absolute Gasteiger partial charge is 0.468 e. The Labute approximate surface area is 169 Å². The number of hydrogen-bond donors (Lipinski definition) is 3. The lowest BCUT2D eigenvalue weighted by atomic mass is 10.1. The molecule has 1 rings (SSSR count). The van der Waals surface area contributed by atoms with Crippen molar-refractivity contribution in [1.82, 2.24) is 9.97 Å². The van der Waals surface area contributed by atoms with Gasteiger partial charge in [0.2, 0.25) is 0 Å². The fraction of sp³-hybridized carbons (Fsp3) is 0.600. The van der Waals surface area contributed by atoms with Crippen LogP contribution in [0.2, 0.25) is 0 Å². The number of rotatable bonds is 11. The van der Waals surface area contributed by atoms with Gasteiger partial charge in [-0.15, -0.1) is 37.1 Å². The van der Waals surface area contributed by atoms with Crippen molar-refractivity contribution < 1.29 is 9.53 Å². The molecular formula is C20H33ClN4O2. The van der Waals surface area contributed by atoms with Crippen molar-refractivity contribution in [1.29, 1.82) is 0 Å². The summed E-state index contributed by atoms with van der Waals surface area (Å²) in [5.41, 5.74) is 12.1. The molecule has 0 aromatic carbocycles. The van der Waals surface area contributed by atoms with Crippen LogP contribution in [0.4, 0.5) is 5.95 Å². The standard InChI is InChI=1S/C10H15N3.C10H17NO2.ClH/c1-2-3-4-5-6-7-9-8-12-10(11)13-9;1-3-4-5-6-7-8-9(11)10(12)13-2;/h1,8H,3-7H2,(H3,11,12,13);1,9H,4-8,11H2,2H3;1H. The van der Waals surface area contributed by atoms with Gasteiger partial charge in [0, 0.05) is 18.5 Å². The van der Waals surface area contributed by atoms with E-state index >= 15 is 0 Å². The average molecular weight is 397 g/mol. The van der Waals surface area contributed by atoms with Gasteiger partial charge in [0.15, 0.2) is 5.95 Å². The first kappa shape index (κ1) is 27.1. The summed E-state index contributed by atoms with van der Waals surface area (Å²) in [5.74, 6) is 5.36. The highest BCUT2D eigenvalue weighted by atomic mass is 35.5. The van der Waals surface area contributed by atoms with Crippen molar-refractivity contribution in [3.8, 4) is 24.7 Å². The highest BCUT2D eigenvalue weighted by molar-refractivity contribution is 5.85. The third-order valence-electron chi connectivity index (χ3n) is 3.76. The number of methoxy groups -OCH3 is 1. The van der Waals surface area contributed by atoms with E-state index in [2.05, 4.69) is 26.5 Å². The molecule has 1 atom stereocenters. The summed E-state index contributed by atoms with van der Waals surface area (Å²) in [6, 6.07) is -0.476. The minimum Gasteiger partial charge on any atom is -0.468 e. The second kappa shape index (κ2) is 18.6. The minimum absolute atomic E-state index is 0. The molecule has 152 valence electrons. The summed E-state index contributed by atoms with van der Waals surface area (Å²) in [5, 5.41) is 0. The maximum Gasteiger partial charge on any atom is 0.322 e. The van der Waals surface area contributed by atoms with Gasteiger partial charge in [-0.2, -0.15) is 0 Å². The average Bonchev–Trinajstić information content (AvgIpc) is 3.06. The zero-order chi connectivity index (χ0) is 19.6. The number of aromatic amines is 1. The van der Waals surface area contributed by atoms with Gasteiger partial charge in [0.25, 0.3) is 0 Å². The van der Waals surface area contributed by atoms with E-state index < -0.39 is 6.04 Å². The molecule has 7 heteroatoms. The lowest BCUT2D eigenvalue weighted by molar-refractivity contribution is -0.142. The van der Waals surface area contributed by atoms with E-state index in [-0.39, 0.29) is 18.4 Å². The first-order valence-electron chi connectivity index (χ1n) is 9.04. The fourth-order valence-corrected chi connectivity index (χ4v) is 2.26. The molecule has 6 nitrogen and oxygen atoms in total. The van der Waals surface area contributed by atoms with Crippen molar-refractivity contribution >= 4 is 24.3 Å². The van der Waals surface area contributed by atoms with Gasteiger partial charge < -0.3 is 21.2 Å². The molecule has 0 saturated heterocycles. The number of halogens is 1. The summed E-state index contributed by atoms with van der Waals surface area (Å²) in [7, 11) is 1.35. The molecule has 0 saturated carbocycles. The number of nitrogen functional groups attached to an aromatic ring is 1. The topological polar surface area (TPSA) is 107 Å². The Morgan fingerprint density at radius 2 is 1.78 bits per heavy atom. The Kier molecular flexibility index (Phi) is 18.7. The van der Waals surface area contributed by atoms with Crippen molar-refractivity contribution in [3.63, 3.8) is 0 Å². The number of esters is 1. The molecular weight excluding hydrogens is 364 g/mol. The zero-order valence-corrected chi connectivity index (χ0v) is 17.0. The molecule has 1 aromatic rings. The van der Waals surface area contributed by atoms with Crippen LogP contribution < -0.4 is 11.5 Å². The smallest absolute Gasteiger partial charge is 0.322 e. The van der Waals surface area contributed by atoms with Crippen LogP contribution in [0.25, 0.3) is 0 Å². The van der Waals surface area contributed by atoms with Gasteiger partial charge in [-0.1, -0.05) is 19.3 Å². The number of unbranched alkanes of at least 4 members (excludes halogenated alkanes) is 6. The predicted octanol–water partition coefficient (Wildman–Crippen LogP) is 3.22. The molecule has 0 aliphatic carbocycles. The molecule has 5 N–H and O–H groups in total. The first-order valence-corrected chi connectivity index (χ1v) is 9.04. The van der Waals surface area contributed by atoms with Crippen LogP contribution in [0.15, 0.2) is 6.20 Å². The summed E-state index contributed by atoms with van der Waals surface area (Å²) in [6.07, 6.45) is 21.8. The van der Waals surface area contributed by atoms with Gasteiger partial charge >= 0.3 is 5.97 Å². The molecule has 27 heavy (non-hydrogen) atoms. The molecule has 0 spiro atoms. The highest BCUT2D eigenvalue weighted by Gasteiger charge is 2.11. The van der Waals surface area contributed by atoms with E-state index in [4.69, 9.17) is 24.3 Å². The van der Waals surface area contributed by atoms with Gasteiger partial charge in [0.05, 0.1) is 13.3 Å². The second-order valence-corrected chi connectivity index (χ2v) is 5.99. The number of anilines is 1. The zero-order valence-electron chi connectivity index (χ0n) is 16.2. The van der Waals surface area contributed by atoms with E-state index in [1.54, 1.807) is 6.20 Å². The van der Waals surface area contributed by atoms with Crippen molar-refractivity contribution in [3.05, 3.63) is 11.9 Å². The lowest BCUT2D eigenvalue weighted by Gasteiger charge is -2.07. The third kappa shape index (κ3) is 15.8. The molecule has 1 heterocycles. The number of carbonyl (C=O) groups is 1. The van der Waals surface area contributed by atoms with Crippen LogP contribution >= 0.6 is 12.4 Å². The van der Waals surface area contributed by atoms with Crippen LogP contribution in [-0.2, 0) is 16.0 Å². The monoisotopic (exact) mass is 396 g/mol. The number of imidazole rings is 1.